The number of rotatable bonds is 4. The minimum Gasteiger partial charge on any atom is -0.396 e. The van der Waals surface area contributed by atoms with Crippen molar-refractivity contribution in [3.8, 4) is 0 Å². The highest BCUT2D eigenvalue weighted by Crippen LogP contribution is 2.23. The molecular weight excluding hydrogens is 214 g/mol. The first-order chi connectivity index (χ1) is 8.24. The van der Waals surface area contributed by atoms with Crippen molar-refractivity contribution < 1.29 is 5.11 Å². The molecule has 1 aromatic heterocycles. The van der Waals surface area contributed by atoms with Crippen LogP contribution in [0.25, 0.3) is 0 Å². The Bertz CT molecular complexity index is 352. The minimum atomic E-state index is 0.285. The molecule has 4 heteroatoms. The molecule has 4 nitrogen and oxygen atoms in total. The fourth-order valence-corrected chi connectivity index (χ4v) is 2.20. The van der Waals surface area contributed by atoms with Crippen LogP contribution >= 0.6 is 0 Å². The second-order valence-corrected chi connectivity index (χ2v) is 4.73. The van der Waals surface area contributed by atoms with Crippen LogP contribution in [0.15, 0.2) is 18.3 Å². The maximum Gasteiger partial charge on any atom is 0.0571 e. The molecule has 0 bridgehead atoms. The van der Waals surface area contributed by atoms with Gasteiger partial charge < -0.3 is 15.3 Å². The van der Waals surface area contributed by atoms with E-state index in [1.54, 1.807) is 0 Å². The summed E-state index contributed by atoms with van der Waals surface area (Å²) in [5.41, 5.74) is 2.22. The third-order valence-electron chi connectivity index (χ3n) is 3.56. The largest absolute Gasteiger partial charge is 0.396 e. The molecule has 0 spiro atoms. The monoisotopic (exact) mass is 235 g/mol. The van der Waals surface area contributed by atoms with Crippen LogP contribution in [0.2, 0.25) is 0 Å². The lowest BCUT2D eigenvalue weighted by atomic mass is 10.1. The third-order valence-corrected chi connectivity index (χ3v) is 3.56. The van der Waals surface area contributed by atoms with E-state index < -0.39 is 0 Å². The Kier molecular flexibility index (Phi) is 3.97. The van der Waals surface area contributed by atoms with Crippen molar-refractivity contribution in [1.29, 1.82) is 0 Å². The molecule has 1 saturated heterocycles. The standard InChI is InChI=1S/C13H21N3O/c1-10(14-2)13-4-3-12(7-15-13)16-6-5-11(8-16)9-17/h3-4,7,10-11,14,17H,5-6,8-9H2,1-2H3. The maximum absolute atomic E-state index is 9.13. The van der Waals surface area contributed by atoms with Gasteiger partial charge in [-0.1, -0.05) is 0 Å². The van der Waals surface area contributed by atoms with E-state index in [4.69, 9.17) is 5.11 Å². The first kappa shape index (κ1) is 12.3. The van der Waals surface area contributed by atoms with Gasteiger partial charge in [-0.05, 0) is 32.5 Å². The lowest BCUT2D eigenvalue weighted by molar-refractivity contribution is 0.238. The van der Waals surface area contributed by atoms with Gasteiger partial charge in [0, 0.05) is 31.7 Å². The van der Waals surface area contributed by atoms with Crippen molar-refractivity contribution in [3.05, 3.63) is 24.0 Å². The highest BCUT2D eigenvalue weighted by atomic mass is 16.3. The van der Waals surface area contributed by atoms with Crippen molar-refractivity contribution in [2.24, 2.45) is 5.92 Å². The van der Waals surface area contributed by atoms with Crippen LogP contribution in [-0.4, -0.2) is 36.8 Å². The minimum absolute atomic E-state index is 0.285. The van der Waals surface area contributed by atoms with E-state index in [1.165, 1.54) is 0 Å². The van der Waals surface area contributed by atoms with Gasteiger partial charge in [-0.25, -0.2) is 0 Å². The molecule has 2 N–H and O–H groups in total. The number of pyridine rings is 1. The third kappa shape index (κ3) is 2.76. The molecule has 94 valence electrons. The molecule has 1 aliphatic heterocycles. The highest BCUT2D eigenvalue weighted by Gasteiger charge is 2.22. The normalized spacial score (nSPS) is 21.8. The molecule has 1 aromatic rings. The average molecular weight is 235 g/mol. The number of aliphatic hydroxyl groups excluding tert-OH is 1. The number of hydrogen-bond donors (Lipinski definition) is 2. The second-order valence-electron chi connectivity index (χ2n) is 4.73. The average Bonchev–Trinajstić information content (AvgIpc) is 2.87. The molecule has 2 rings (SSSR count). The lowest BCUT2D eigenvalue weighted by Crippen LogP contribution is -2.21. The van der Waals surface area contributed by atoms with E-state index >= 15 is 0 Å². The number of nitrogens with one attached hydrogen (secondary N) is 1. The number of anilines is 1. The molecule has 1 fully saturated rings. The zero-order chi connectivity index (χ0) is 12.3. The van der Waals surface area contributed by atoms with Gasteiger partial charge in [-0.15, -0.1) is 0 Å². The number of nitrogens with zero attached hydrogens (tertiary/aromatic N) is 2. The Labute approximate surface area is 103 Å². The molecule has 1 aliphatic rings. The van der Waals surface area contributed by atoms with Gasteiger partial charge in [-0.2, -0.15) is 0 Å². The molecule has 0 radical (unpaired) electrons. The second kappa shape index (κ2) is 5.47. The lowest BCUT2D eigenvalue weighted by Gasteiger charge is -2.19. The molecule has 0 aromatic carbocycles. The Balaban J connectivity index is 2.03. The number of aromatic nitrogens is 1. The molecule has 0 amide bonds. The van der Waals surface area contributed by atoms with Crippen molar-refractivity contribution in [1.82, 2.24) is 10.3 Å². The first-order valence-corrected chi connectivity index (χ1v) is 6.23. The van der Waals surface area contributed by atoms with Crippen LogP contribution < -0.4 is 10.2 Å². The predicted molar refractivity (Wildman–Crippen MR) is 69.1 cm³/mol. The smallest absolute Gasteiger partial charge is 0.0571 e. The van der Waals surface area contributed by atoms with Crippen LogP contribution in [0.3, 0.4) is 0 Å². The van der Waals surface area contributed by atoms with Crippen molar-refractivity contribution >= 4 is 5.69 Å². The highest BCUT2D eigenvalue weighted by molar-refractivity contribution is 5.45. The molecule has 0 saturated carbocycles. The molecule has 2 unspecified atom stereocenters. The quantitative estimate of drug-likeness (QED) is 0.823. The van der Waals surface area contributed by atoms with Crippen molar-refractivity contribution in [2.75, 3.05) is 31.6 Å². The van der Waals surface area contributed by atoms with Crippen LogP contribution in [0.1, 0.15) is 25.1 Å². The summed E-state index contributed by atoms with van der Waals surface area (Å²) in [4.78, 5) is 6.77. The van der Waals surface area contributed by atoms with E-state index in [0.29, 0.717) is 12.5 Å². The van der Waals surface area contributed by atoms with E-state index in [1.807, 2.05) is 13.2 Å². The Morgan fingerprint density at radius 3 is 2.94 bits per heavy atom. The molecular formula is C13H21N3O. The van der Waals surface area contributed by atoms with Gasteiger partial charge in [0.05, 0.1) is 17.6 Å². The zero-order valence-electron chi connectivity index (χ0n) is 10.6. The predicted octanol–water partition coefficient (Wildman–Crippen LogP) is 1.18. The zero-order valence-corrected chi connectivity index (χ0v) is 10.6. The Hall–Kier alpha value is -1.13. The fraction of sp³-hybridized carbons (Fsp3) is 0.615. The SMILES string of the molecule is CNC(C)c1ccc(N2CCC(CO)C2)cn1. The van der Waals surface area contributed by atoms with E-state index in [0.717, 1.165) is 30.9 Å². The van der Waals surface area contributed by atoms with Crippen molar-refractivity contribution in [2.45, 2.75) is 19.4 Å². The summed E-state index contributed by atoms with van der Waals surface area (Å²) in [5, 5.41) is 12.3. The fourth-order valence-electron chi connectivity index (χ4n) is 2.20. The van der Waals surface area contributed by atoms with Gasteiger partial charge in [0.25, 0.3) is 0 Å². The Morgan fingerprint density at radius 2 is 2.41 bits per heavy atom. The van der Waals surface area contributed by atoms with Gasteiger partial charge in [0.15, 0.2) is 0 Å². The molecule has 17 heavy (non-hydrogen) atoms. The number of aliphatic hydroxyl groups is 1. The summed E-state index contributed by atoms with van der Waals surface area (Å²) in [6, 6.07) is 4.48. The summed E-state index contributed by atoms with van der Waals surface area (Å²) in [7, 11) is 1.94. The summed E-state index contributed by atoms with van der Waals surface area (Å²) in [6.45, 7) is 4.35. The summed E-state index contributed by atoms with van der Waals surface area (Å²) < 4.78 is 0. The Morgan fingerprint density at radius 1 is 1.59 bits per heavy atom. The summed E-state index contributed by atoms with van der Waals surface area (Å²) in [6.07, 6.45) is 3.01. The molecule has 2 heterocycles. The van der Waals surface area contributed by atoms with Crippen LogP contribution in [0.5, 0.6) is 0 Å². The van der Waals surface area contributed by atoms with Crippen molar-refractivity contribution in [3.63, 3.8) is 0 Å². The summed E-state index contributed by atoms with van der Waals surface area (Å²) in [5.74, 6) is 0.422. The summed E-state index contributed by atoms with van der Waals surface area (Å²) >= 11 is 0. The maximum atomic E-state index is 9.13. The van der Waals surface area contributed by atoms with Gasteiger partial charge in [0.1, 0.15) is 0 Å². The first-order valence-electron chi connectivity index (χ1n) is 6.23. The van der Waals surface area contributed by atoms with Gasteiger partial charge in [-0.3, -0.25) is 4.98 Å². The van der Waals surface area contributed by atoms with E-state index in [2.05, 4.69) is 34.3 Å². The topological polar surface area (TPSA) is 48.4 Å². The van der Waals surface area contributed by atoms with E-state index in [-0.39, 0.29) is 6.04 Å². The van der Waals surface area contributed by atoms with Crippen LogP contribution in [-0.2, 0) is 0 Å². The van der Waals surface area contributed by atoms with Crippen LogP contribution in [0, 0.1) is 5.92 Å². The molecule has 2 atom stereocenters. The number of hydrogen-bond acceptors (Lipinski definition) is 4. The van der Waals surface area contributed by atoms with Gasteiger partial charge >= 0.3 is 0 Å². The van der Waals surface area contributed by atoms with Crippen LogP contribution in [0.4, 0.5) is 5.69 Å². The van der Waals surface area contributed by atoms with Gasteiger partial charge in [0.2, 0.25) is 0 Å². The van der Waals surface area contributed by atoms with E-state index in [9.17, 15) is 0 Å². The molecule has 0 aliphatic carbocycles.